The summed E-state index contributed by atoms with van der Waals surface area (Å²) in [6, 6.07) is 12.9. The molecule has 2 aromatic carbocycles. The Labute approximate surface area is 172 Å². The molecule has 144 valence electrons. The van der Waals surface area contributed by atoms with Gasteiger partial charge in [-0.15, -0.1) is 11.3 Å². The molecule has 0 saturated carbocycles. The van der Waals surface area contributed by atoms with Gasteiger partial charge in [-0.25, -0.2) is 4.98 Å². The van der Waals surface area contributed by atoms with E-state index >= 15 is 0 Å². The van der Waals surface area contributed by atoms with Gasteiger partial charge >= 0.3 is 0 Å². The smallest absolute Gasteiger partial charge is 0.257 e. The molecule has 0 atom stereocenters. The first-order valence-electron chi connectivity index (χ1n) is 8.37. The lowest BCUT2D eigenvalue weighted by atomic mass is 10.1. The van der Waals surface area contributed by atoms with Crippen LogP contribution in [0.15, 0.2) is 47.8 Å². The zero-order chi connectivity index (χ0) is 20.1. The third kappa shape index (κ3) is 4.65. The number of anilines is 1. The molecule has 0 aliphatic rings. The third-order valence-corrected chi connectivity index (χ3v) is 4.87. The Morgan fingerprint density at radius 2 is 1.89 bits per heavy atom. The summed E-state index contributed by atoms with van der Waals surface area (Å²) in [4.78, 5) is 16.8. The second-order valence-corrected chi connectivity index (χ2v) is 7.15. The van der Waals surface area contributed by atoms with Crippen molar-refractivity contribution in [1.29, 1.82) is 0 Å². The minimum atomic E-state index is -0.266. The highest BCUT2D eigenvalue weighted by Gasteiger charge is 2.12. The fraction of sp³-hybridized carbons (Fsp3) is 0.150. The van der Waals surface area contributed by atoms with E-state index in [9.17, 15) is 4.79 Å². The normalized spacial score (nSPS) is 10.2. The van der Waals surface area contributed by atoms with Crippen LogP contribution in [0.4, 0.5) is 5.13 Å². The minimum absolute atomic E-state index is 0.194. The number of benzene rings is 2. The van der Waals surface area contributed by atoms with Crippen LogP contribution in [0.3, 0.4) is 0 Å². The van der Waals surface area contributed by atoms with Gasteiger partial charge in [0.25, 0.3) is 5.91 Å². The monoisotopic (exact) mass is 413 g/mol. The van der Waals surface area contributed by atoms with Crippen molar-refractivity contribution in [3.05, 3.63) is 59.0 Å². The number of amides is 1. The highest BCUT2D eigenvalue weighted by molar-refractivity contribution is 7.80. The van der Waals surface area contributed by atoms with Crippen LogP contribution < -0.4 is 20.1 Å². The summed E-state index contributed by atoms with van der Waals surface area (Å²) in [5, 5.41) is 8.29. The Morgan fingerprint density at radius 3 is 2.61 bits per heavy atom. The summed E-state index contributed by atoms with van der Waals surface area (Å²) in [5.74, 6) is 1.01. The van der Waals surface area contributed by atoms with E-state index in [2.05, 4.69) is 15.6 Å². The average Bonchev–Trinajstić information content (AvgIpc) is 3.15. The molecule has 2 N–H and O–H groups in total. The number of methoxy groups -OCH3 is 2. The number of thiocarbonyl (C=S) groups is 1. The van der Waals surface area contributed by atoms with Crippen molar-refractivity contribution in [3.8, 4) is 22.8 Å². The minimum Gasteiger partial charge on any atom is -0.493 e. The molecule has 1 aromatic heterocycles. The highest BCUT2D eigenvalue weighted by atomic mass is 32.1. The van der Waals surface area contributed by atoms with Gasteiger partial charge in [-0.3, -0.25) is 10.1 Å². The number of hydrogen-bond donors (Lipinski definition) is 2. The van der Waals surface area contributed by atoms with Crippen LogP contribution in [0.25, 0.3) is 11.3 Å². The summed E-state index contributed by atoms with van der Waals surface area (Å²) in [7, 11) is 3.18. The Morgan fingerprint density at radius 1 is 1.11 bits per heavy atom. The highest BCUT2D eigenvalue weighted by Crippen LogP contribution is 2.33. The zero-order valence-electron chi connectivity index (χ0n) is 15.6. The van der Waals surface area contributed by atoms with Gasteiger partial charge in [0.2, 0.25) is 0 Å². The molecular weight excluding hydrogens is 394 g/mol. The molecule has 3 aromatic rings. The molecule has 0 radical (unpaired) electrons. The van der Waals surface area contributed by atoms with Gasteiger partial charge in [-0.05, 0) is 49.5 Å². The summed E-state index contributed by atoms with van der Waals surface area (Å²) < 4.78 is 10.6. The molecule has 3 rings (SSSR count). The lowest BCUT2D eigenvalue weighted by Crippen LogP contribution is -2.34. The van der Waals surface area contributed by atoms with Crippen LogP contribution >= 0.6 is 23.6 Å². The molecule has 0 unspecified atom stereocenters. The maximum Gasteiger partial charge on any atom is 0.257 e. The fourth-order valence-electron chi connectivity index (χ4n) is 2.55. The molecule has 0 bridgehead atoms. The van der Waals surface area contributed by atoms with Crippen molar-refractivity contribution in [2.45, 2.75) is 6.92 Å². The predicted molar refractivity (Wildman–Crippen MR) is 116 cm³/mol. The number of rotatable bonds is 5. The quantitative estimate of drug-likeness (QED) is 0.609. The first-order valence-corrected chi connectivity index (χ1v) is 9.66. The second kappa shape index (κ2) is 8.81. The number of ether oxygens (including phenoxy) is 2. The number of nitrogens with one attached hydrogen (secondary N) is 2. The summed E-state index contributed by atoms with van der Waals surface area (Å²) >= 11 is 6.62. The first-order chi connectivity index (χ1) is 13.5. The molecule has 0 saturated heterocycles. The Balaban J connectivity index is 1.67. The Hall–Kier alpha value is -2.97. The maximum atomic E-state index is 12.3. The number of carbonyl (C=O) groups is 1. The van der Waals surface area contributed by atoms with E-state index in [0.29, 0.717) is 22.2 Å². The van der Waals surface area contributed by atoms with Gasteiger partial charge in [-0.2, -0.15) is 0 Å². The van der Waals surface area contributed by atoms with Crippen molar-refractivity contribution in [2.75, 3.05) is 19.5 Å². The van der Waals surface area contributed by atoms with Crippen molar-refractivity contribution >= 4 is 39.7 Å². The van der Waals surface area contributed by atoms with Gasteiger partial charge in [0.05, 0.1) is 19.9 Å². The number of hydrogen-bond acceptors (Lipinski definition) is 6. The average molecular weight is 414 g/mol. The van der Waals surface area contributed by atoms with E-state index in [1.807, 2.05) is 42.6 Å². The molecule has 28 heavy (non-hydrogen) atoms. The molecular formula is C20H19N3O3S2. The van der Waals surface area contributed by atoms with Crippen molar-refractivity contribution in [3.63, 3.8) is 0 Å². The maximum absolute atomic E-state index is 12.3. The lowest BCUT2D eigenvalue weighted by molar-refractivity contribution is 0.0977. The molecule has 8 heteroatoms. The van der Waals surface area contributed by atoms with Gasteiger partial charge in [0.1, 0.15) is 0 Å². The van der Waals surface area contributed by atoms with Gasteiger partial charge in [0, 0.05) is 16.5 Å². The number of carbonyl (C=O) groups excluding carboxylic acids is 1. The van der Waals surface area contributed by atoms with E-state index in [0.717, 1.165) is 16.8 Å². The van der Waals surface area contributed by atoms with E-state index < -0.39 is 0 Å². The Bertz CT molecular complexity index is 1020. The summed E-state index contributed by atoms with van der Waals surface area (Å²) in [6.45, 7) is 1.93. The van der Waals surface area contributed by atoms with E-state index in [-0.39, 0.29) is 11.0 Å². The SMILES string of the molecule is COc1ccc(-c2csc(NC(=S)NC(=O)c3cccc(C)c3)n2)cc1OC. The standard InChI is InChI=1S/C20H19N3O3S2/c1-12-5-4-6-14(9-12)18(24)22-19(27)23-20-21-15(11-28-20)13-7-8-16(25-2)17(10-13)26-3/h4-11H,1-3H3,(H2,21,22,23,24,27). The molecule has 1 heterocycles. The number of nitrogens with zero attached hydrogens (tertiary/aromatic N) is 1. The summed E-state index contributed by atoms with van der Waals surface area (Å²) in [5.41, 5.74) is 3.21. The van der Waals surface area contributed by atoms with E-state index in [4.69, 9.17) is 21.7 Å². The molecule has 0 aliphatic heterocycles. The third-order valence-electron chi connectivity index (χ3n) is 3.91. The molecule has 0 fully saturated rings. The number of aryl methyl sites for hydroxylation is 1. The van der Waals surface area contributed by atoms with Gasteiger partial charge < -0.3 is 14.8 Å². The molecule has 0 spiro atoms. The Kier molecular flexibility index (Phi) is 6.23. The van der Waals surface area contributed by atoms with Crippen molar-refractivity contribution in [1.82, 2.24) is 10.3 Å². The summed E-state index contributed by atoms with van der Waals surface area (Å²) in [6.07, 6.45) is 0. The second-order valence-electron chi connectivity index (χ2n) is 5.89. The predicted octanol–water partition coefficient (Wildman–Crippen LogP) is 4.26. The first kappa shape index (κ1) is 19.8. The topological polar surface area (TPSA) is 72.5 Å². The van der Waals surface area contributed by atoms with Crippen molar-refractivity contribution < 1.29 is 14.3 Å². The van der Waals surface area contributed by atoms with E-state index in [1.54, 1.807) is 26.4 Å². The largest absolute Gasteiger partial charge is 0.493 e. The van der Waals surface area contributed by atoms with Gasteiger partial charge in [-0.1, -0.05) is 17.7 Å². The zero-order valence-corrected chi connectivity index (χ0v) is 17.2. The number of aromatic nitrogens is 1. The van der Waals surface area contributed by atoms with Crippen LogP contribution in [0.2, 0.25) is 0 Å². The van der Waals surface area contributed by atoms with E-state index in [1.165, 1.54) is 11.3 Å². The lowest BCUT2D eigenvalue weighted by Gasteiger charge is -2.08. The van der Waals surface area contributed by atoms with Crippen molar-refractivity contribution in [2.24, 2.45) is 0 Å². The molecule has 0 aliphatic carbocycles. The van der Waals surface area contributed by atoms with Gasteiger partial charge in [0.15, 0.2) is 21.7 Å². The van der Waals surface area contributed by atoms with Crippen LogP contribution in [0.1, 0.15) is 15.9 Å². The van der Waals surface area contributed by atoms with Crippen LogP contribution in [0, 0.1) is 6.92 Å². The molecule has 1 amide bonds. The molecule has 6 nitrogen and oxygen atoms in total. The van der Waals surface area contributed by atoms with Crippen LogP contribution in [0.5, 0.6) is 11.5 Å². The van der Waals surface area contributed by atoms with Crippen LogP contribution in [-0.2, 0) is 0 Å². The fourth-order valence-corrected chi connectivity index (χ4v) is 3.53. The number of thiazole rings is 1. The van der Waals surface area contributed by atoms with Crippen LogP contribution in [-0.4, -0.2) is 30.2 Å².